The number of carbonyl (C=O) groups is 1. The van der Waals surface area contributed by atoms with Crippen LogP contribution in [0, 0.1) is 0 Å². The van der Waals surface area contributed by atoms with Crippen LogP contribution in [-0.4, -0.2) is 53.0 Å². The van der Waals surface area contributed by atoms with Gasteiger partial charge in [-0.1, -0.05) is 0 Å². The summed E-state index contributed by atoms with van der Waals surface area (Å²) in [6.07, 6.45) is 0.975. The van der Waals surface area contributed by atoms with E-state index in [0.717, 1.165) is 13.0 Å². The van der Waals surface area contributed by atoms with Crippen molar-refractivity contribution in [1.82, 2.24) is 9.80 Å². The molecule has 1 fully saturated rings. The van der Waals surface area contributed by atoms with Crippen LogP contribution in [-0.2, 0) is 4.79 Å². The van der Waals surface area contributed by atoms with Crippen LogP contribution in [0.3, 0.4) is 0 Å². The molecule has 4 heteroatoms. The Morgan fingerprint density at radius 3 is 2.35 bits per heavy atom. The smallest absolute Gasteiger partial charge is 0.241 e. The minimum absolute atomic E-state index is 0.0112. The molecule has 0 bridgehead atoms. The molecule has 0 spiro atoms. The molecule has 1 heterocycles. The number of nitrogens with zero attached hydrogens (tertiary/aromatic N) is 2. The number of hydrogen-bond donors (Lipinski definition) is 1. The van der Waals surface area contributed by atoms with Gasteiger partial charge in [-0.05, 0) is 41.0 Å². The highest BCUT2D eigenvalue weighted by atomic mass is 16.2. The minimum atomic E-state index is -0.211. The highest BCUT2D eigenvalue weighted by Gasteiger charge is 2.45. The van der Waals surface area contributed by atoms with Crippen LogP contribution in [0.1, 0.15) is 41.0 Å². The molecule has 1 aliphatic heterocycles. The van der Waals surface area contributed by atoms with Gasteiger partial charge in [0.15, 0.2) is 0 Å². The fourth-order valence-electron chi connectivity index (χ4n) is 3.04. The van der Waals surface area contributed by atoms with Crippen LogP contribution in [0.25, 0.3) is 0 Å². The van der Waals surface area contributed by atoms with Gasteiger partial charge in [0, 0.05) is 31.2 Å². The van der Waals surface area contributed by atoms with E-state index in [1.807, 2.05) is 11.9 Å². The van der Waals surface area contributed by atoms with Gasteiger partial charge >= 0.3 is 0 Å². The van der Waals surface area contributed by atoms with Crippen molar-refractivity contribution in [2.24, 2.45) is 5.73 Å². The molecule has 0 aromatic heterocycles. The van der Waals surface area contributed by atoms with Crippen molar-refractivity contribution in [1.29, 1.82) is 0 Å². The van der Waals surface area contributed by atoms with Gasteiger partial charge in [-0.25, -0.2) is 0 Å². The fourth-order valence-corrected chi connectivity index (χ4v) is 3.04. The zero-order valence-electron chi connectivity index (χ0n) is 12.1. The van der Waals surface area contributed by atoms with E-state index in [0.29, 0.717) is 6.54 Å². The van der Waals surface area contributed by atoms with Gasteiger partial charge in [0.05, 0.1) is 0 Å². The van der Waals surface area contributed by atoms with E-state index in [1.165, 1.54) is 0 Å². The first kappa shape index (κ1) is 14.5. The second-order valence-electron chi connectivity index (χ2n) is 6.61. The lowest BCUT2D eigenvalue weighted by Gasteiger charge is -2.49. The van der Waals surface area contributed by atoms with Gasteiger partial charge < -0.3 is 10.6 Å². The van der Waals surface area contributed by atoms with Crippen molar-refractivity contribution >= 4 is 5.91 Å². The predicted molar refractivity (Wildman–Crippen MR) is 70.8 cm³/mol. The van der Waals surface area contributed by atoms with Crippen molar-refractivity contribution < 1.29 is 4.79 Å². The summed E-state index contributed by atoms with van der Waals surface area (Å²) in [5.74, 6) is 0.146. The first-order chi connectivity index (χ1) is 7.61. The molecular formula is C13H27N3O. The average Bonchev–Trinajstić information content (AvgIpc) is 2.26. The number of amides is 1. The minimum Gasteiger partial charge on any atom is -0.344 e. The molecule has 0 aromatic rings. The molecule has 4 nitrogen and oxygen atoms in total. The lowest BCUT2D eigenvalue weighted by atomic mass is 9.90. The normalized spacial score (nSPS) is 27.1. The van der Waals surface area contributed by atoms with E-state index in [-0.39, 0.29) is 23.0 Å². The standard InChI is InChI=1S/C13H27N3O/c1-12(2,3)16-10(9-14)11(17)15(6)8-7-13(16,4)5/h10H,7-9,14H2,1-6H3. The maximum Gasteiger partial charge on any atom is 0.241 e. The van der Waals surface area contributed by atoms with Gasteiger partial charge in [-0.2, -0.15) is 0 Å². The van der Waals surface area contributed by atoms with Gasteiger partial charge in [-0.3, -0.25) is 9.69 Å². The number of nitrogens with two attached hydrogens (primary N) is 1. The van der Waals surface area contributed by atoms with Gasteiger partial charge in [0.1, 0.15) is 6.04 Å². The van der Waals surface area contributed by atoms with E-state index in [9.17, 15) is 4.79 Å². The lowest BCUT2D eigenvalue weighted by molar-refractivity contribution is -0.137. The van der Waals surface area contributed by atoms with Gasteiger partial charge in [0.2, 0.25) is 5.91 Å². The summed E-state index contributed by atoms with van der Waals surface area (Å²) in [5, 5.41) is 0. The van der Waals surface area contributed by atoms with Crippen molar-refractivity contribution in [3.8, 4) is 0 Å². The molecule has 0 aliphatic carbocycles. The Morgan fingerprint density at radius 2 is 1.94 bits per heavy atom. The van der Waals surface area contributed by atoms with E-state index in [2.05, 4.69) is 39.5 Å². The molecule has 2 N–H and O–H groups in total. The van der Waals surface area contributed by atoms with Crippen LogP contribution in [0.15, 0.2) is 0 Å². The Kier molecular flexibility index (Phi) is 3.89. The van der Waals surface area contributed by atoms with Crippen molar-refractivity contribution in [3.05, 3.63) is 0 Å². The summed E-state index contributed by atoms with van der Waals surface area (Å²) < 4.78 is 0. The first-order valence-electron chi connectivity index (χ1n) is 6.36. The second kappa shape index (κ2) is 4.58. The lowest BCUT2D eigenvalue weighted by Crippen LogP contribution is -2.62. The van der Waals surface area contributed by atoms with E-state index in [4.69, 9.17) is 5.73 Å². The quantitative estimate of drug-likeness (QED) is 0.746. The number of likely N-dealkylation sites (N-methyl/N-ethyl adjacent to an activating group) is 1. The fraction of sp³-hybridized carbons (Fsp3) is 0.923. The zero-order chi connectivity index (χ0) is 13.4. The molecule has 1 atom stereocenters. The molecule has 17 heavy (non-hydrogen) atoms. The molecule has 1 rings (SSSR count). The third-order valence-electron chi connectivity index (χ3n) is 3.63. The van der Waals surface area contributed by atoms with Crippen molar-refractivity contribution in [3.63, 3.8) is 0 Å². The summed E-state index contributed by atoms with van der Waals surface area (Å²) in [5.41, 5.74) is 5.77. The number of carbonyl (C=O) groups excluding carboxylic acids is 1. The molecule has 0 aromatic carbocycles. The van der Waals surface area contributed by atoms with Crippen molar-refractivity contribution in [2.75, 3.05) is 20.1 Å². The Labute approximate surface area is 105 Å². The Morgan fingerprint density at radius 1 is 1.41 bits per heavy atom. The molecule has 1 unspecified atom stereocenters. The van der Waals surface area contributed by atoms with E-state index < -0.39 is 0 Å². The molecule has 1 aliphatic rings. The summed E-state index contributed by atoms with van der Waals surface area (Å²) in [7, 11) is 1.87. The molecule has 0 saturated carbocycles. The zero-order valence-corrected chi connectivity index (χ0v) is 12.1. The topological polar surface area (TPSA) is 49.6 Å². The Balaban J connectivity index is 3.20. The summed E-state index contributed by atoms with van der Waals surface area (Å²) in [4.78, 5) is 16.4. The van der Waals surface area contributed by atoms with E-state index >= 15 is 0 Å². The van der Waals surface area contributed by atoms with Gasteiger partial charge in [-0.15, -0.1) is 0 Å². The van der Waals surface area contributed by atoms with Gasteiger partial charge in [0.25, 0.3) is 0 Å². The Bertz CT molecular complexity index is 294. The SMILES string of the molecule is CN1CCC(C)(C)N(C(C)(C)C)C(CN)C1=O. The summed E-state index contributed by atoms with van der Waals surface area (Å²) in [6, 6.07) is -0.211. The second-order valence-corrected chi connectivity index (χ2v) is 6.61. The van der Waals surface area contributed by atoms with Crippen LogP contribution in [0.4, 0.5) is 0 Å². The predicted octanol–water partition coefficient (Wildman–Crippen LogP) is 1.05. The van der Waals surface area contributed by atoms with Crippen LogP contribution in [0.5, 0.6) is 0 Å². The maximum absolute atomic E-state index is 12.3. The van der Waals surface area contributed by atoms with Crippen LogP contribution < -0.4 is 5.73 Å². The largest absolute Gasteiger partial charge is 0.344 e. The number of rotatable bonds is 1. The highest BCUT2D eigenvalue weighted by molar-refractivity contribution is 5.82. The first-order valence-corrected chi connectivity index (χ1v) is 6.36. The molecule has 0 radical (unpaired) electrons. The summed E-state index contributed by atoms with van der Waals surface area (Å²) >= 11 is 0. The Hall–Kier alpha value is -0.610. The third kappa shape index (κ3) is 2.80. The molecular weight excluding hydrogens is 214 g/mol. The average molecular weight is 241 g/mol. The third-order valence-corrected chi connectivity index (χ3v) is 3.63. The molecule has 100 valence electrons. The number of hydrogen-bond acceptors (Lipinski definition) is 3. The van der Waals surface area contributed by atoms with E-state index in [1.54, 1.807) is 0 Å². The maximum atomic E-state index is 12.3. The monoisotopic (exact) mass is 241 g/mol. The van der Waals surface area contributed by atoms with Crippen LogP contribution in [0.2, 0.25) is 0 Å². The van der Waals surface area contributed by atoms with Crippen LogP contribution >= 0.6 is 0 Å². The highest BCUT2D eigenvalue weighted by Crippen LogP contribution is 2.33. The van der Waals surface area contributed by atoms with Crippen molar-refractivity contribution in [2.45, 2.75) is 58.2 Å². The molecule has 1 amide bonds. The summed E-state index contributed by atoms with van der Waals surface area (Å²) in [6.45, 7) is 12.0. The molecule has 1 saturated heterocycles.